The molecule has 0 bridgehead atoms. The molecule has 0 amide bonds. The zero-order valence-corrected chi connectivity index (χ0v) is 13.9. The van der Waals surface area contributed by atoms with E-state index in [0.29, 0.717) is 12.6 Å². The van der Waals surface area contributed by atoms with Crippen molar-refractivity contribution in [3.63, 3.8) is 0 Å². The van der Waals surface area contributed by atoms with Crippen molar-refractivity contribution < 1.29 is 5.11 Å². The van der Waals surface area contributed by atoms with Gasteiger partial charge in [-0.1, -0.05) is 0 Å². The van der Waals surface area contributed by atoms with E-state index in [1.54, 1.807) is 0 Å². The molecule has 0 saturated carbocycles. The summed E-state index contributed by atoms with van der Waals surface area (Å²) in [6.07, 6.45) is 7.41. The maximum absolute atomic E-state index is 8.62. The van der Waals surface area contributed by atoms with Gasteiger partial charge in [0.15, 0.2) is 0 Å². The van der Waals surface area contributed by atoms with Crippen LogP contribution in [0.5, 0.6) is 0 Å². The molecule has 2 aliphatic rings. The molecule has 0 unspecified atom stereocenters. The minimum absolute atomic E-state index is 0. The molecule has 2 fully saturated rings. The standard InChI is InChI=1S/C7H14ClN.C7H15NO.ClH/c1-9-6-2-3-7(9)4-5-8;1-8-5-2-3-7(8)4-6-9;/h7H,2-6H2,1H3;7,9H,2-6H2,1H3;1H/t2*7-;/m11./s1. The molecule has 0 aliphatic carbocycles. The molecule has 3 nitrogen and oxygen atoms in total. The fourth-order valence-corrected chi connectivity index (χ4v) is 3.21. The van der Waals surface area contributed by atoms with Crippen LogP contribution in [0.15, 0.2) is 0 Å². The van der Waals surface area contributed by atoms with Crippen LogP contribution >= 0.6 is 24.0 Å². The highest BCUT2D eigenvalue weighted by Crippen LogP contribution is 2.17. The Balaban J connectivity index is 0.000000324. The number of rotatable bonds is 4. The van der Waals surface area contributed by atoms with Crippen molar-refractivity contribution in [2.75, 3.05) is 39.7 Å². The van der Waals surface area contributed by atoms with Gasteiger partial charge in [0, 0.05) is 24.6 Å². The molecular weight excluding hydrogens is 283 g/mol. The Morgan fingerprint density at radius 1 is 1.00 bits per heavy atom. The van der Waals surface area contributed by atoms with E-state index in [4.69, 9.17) is 16.7 Å². The first-order valence-corrected chi connectivity index (χ1v) is 7.79. The lowest BCUT2D eigenvalue weighted by Crippen LogP contribution is -2.25. The third-order valence-corrected chi connectivity index (χ3v) is 4.47. The summed E-state index contributed by atoms with van der Waals surface area (Å²) >= 11 is 5.62. The van der Waals surface area contributed by atoms with E-state index in [0.717, 1.165) is 24.8 Å². The van der Waals surface area contributed by atoms with E-state index in [1.165, 1.54) is 38.8 Å². The lowest BCUT2D eigenvalue weighted by molar-refractivity contribution is 0.220. The molecule has 2 heterocycles. The number of nitrogens with zero attached hydrogens (tertiary/aromatic N) is 2. The molecule has 2 atom stereocenters. The van der Waals surface area contributed by atoms with Crippen LogP contribution in [0, 0.1) is 0 Å². The van der Waals surface area contributed by atoms with E-state index < -0.39 is 0 Å². The Kier molecular flexibility index (Phi) is 11.4. The first kappa shape index (κ1) is 19.5. The average Bonchev–Trinajstić information content (AvgIpc) is 2.92. The third-order valence-electron chi connectivity index (χ3n) is 4.25. The molecule has 19 heavy (non-hydrogen) atoms. The maximum Gasteiger partial charge on any atom is 0.0445 e. The van der Waals surface area contributed by atoms with Crippen LogP contribution in [-0.2, 0) is 0 Å². The Hall–Kier alpha value is 0.460. The summed E-state index contributed by atoms with van der Waals surface area (Å²) in [5, 5.41) is 8.62. The van der Waals surface area contributed by atoms with Gasteiger partial charge in [-0.05, 0) is 65.7 Å². The molecule has 2 rings (SSSR count). The highest BCUT2D eigenvalue weighted by molar-refractivity contribution is 6.17. The molecule has 1 N–H and O–H groups in total. The molecule has 2 aliphatic heterocycles. The number of halogens is 2. The maximum atomic E-state index is 8.62. The SMILES string of the molecule is CN1CCC[C@@H]1CCCl.CN1CCC[C@@H]1CCO.Cl. The van der Waals surface area contributed by atoms with Gasteiger partial charge in [-0.2, -0.15) is 0 Å². The molecular formula is C14H30Cl2N2O. The summed E-state index contributed by atoms with van der Waals surface area (Å²) in [7, 11) is 4.32. The highest BCUT2D eigenvalue weighted by Gasteiger charge is 2.19. The van der Waals surface area contributed by atoms with Crippen molar-refractivity contribution in [1.82, 2.24) is 9.80 Å². The van der Waals surface area contributed by atoms with E-state index in [-0.39, 0.29) is 12.4 Å². The van der Waals surface area contributed by atoms with Crippen LogP contribution in [0.25, 0.3) is 0 Å². The quantitative estimate of drug-likeness (QED) is 0.808. The smallest absolute Gasteiger partial charge is 0.0445 e. The van der Waals surface area contributed by atoms with E-state index >= 15 is 0 Å². The van der Waals surface area contributed by atoms with E-state index in [2.05, 4.69) is 23.9 Å². The average molecular weight is 313 g/mol. The van der Waals surface area contributed by atoms with Gasteiger partial charge in [0.25, 0.3) is 0 Å². The predicted octanol–water partition coefficient (Wildman–Crippen LogP) is 2.59. The number of aliphatic hydroxyl groups is 1. The third kappa shape index (κ3) is 7.14. The van der Waals surface area contributed by atoms with Crippen molar-refractivity contribution in [2.24, 2.45) is 0 Å². The number of aliphatic hydroxyl groups excluding tert-OH is 1. The molecule has 5 heteroatoms. The Morgan fingerprint density at radius 3 is 1.79 bits per heavy atom. The topological polar surface area (TPSA) is 26.7 Å². The number of hydrogen-bond donors (Lipinski definition) is 1. The monoisotopic (exact) mass is 312 g/mol. The predicted molar refractivity (Wildman–Crippen MR) is 85.6 cm³/mol. The van der Waals surface area contributed by atoms with Gasteiger partial charge in [-0.15, -0.1) is 24.0 Å². The van der Waals surface area contributed by atoms with Crippen molar-refractivity contribution in [2.45, 2.75) is 50.6 Å². The first-order valence-electron chi connectivity index (χ1n) is 7.26. The van der Waals surface area contributed by atoms with Crippen LogP contribution in [0.4, 0.5) is 0 Å². The summed E-state index contributed by atoms with van der Waals surface area (Å²) in [6.45, 7) is 2.82. The van der Waals surface area contributed by atoms with Gasteiger partial charge in [0.1, 0.15) is 0 Å². The Bertz CT molecular complexity index is 198. The van der Waals surface area contributed by atoms with Gasteiger partial charge in [-0.3, -0.25) is 0 Å². The minimum atomic E-state index is 0. The number of alkyl halides is 1. The molecule has 0 aromatic carbocycles. The normalized spacial score (nSPS) is 27.8. The fraction of sp³-hybridized carbons (Fsp3) is 1.00. The summed E-state index contributed by atoms with van der Waals surface area (Å²) in [5.41, 5.74) is 0. The first-order chi connectivity index (χ1) is 8.69. The van der Waals surface area contributed by atoms with E-state index in [1.807, 2.05) is 0 Å². The van der Waals surface area contributed by atoms with Crippen LogP contribution in [-0.4, -0.2) is 66.7 Å². The summed E-state index contributed by atoms with van der Waals surface area (Å²) in [4.78, 5) is 4.73. The van der Waals surface area contributed by atoms with Crippen molar-refractivity contribution >= 4 is 24.0 Å². The molecule has 0 radical (unpaired) electrons. The summed E-state index contributed by atoms with van der Waals surface area (Å²) in [6, 6.07) is 1.44. The second kappa shape index (κ2) is 11.2. The lowest BCUT2D eigenvalue weighted by atomic mass is 10.2. The zero-order valence-electron chi connectivity index (χ0n) is 12.4. The molecule has 0 spiro atoms. The molecule has 116 valence electrons. The second-order valence-corrected chi connectivity index (χ2v) is 5.92. The fourth-order valence-electron chi connectivity index (χ4n) is 2.96. The Labute approximate surface area is 129 Å². The Morgan fingerprint density at radius 2 is 1.47 bits per heavy atom. The number of hydrogen-bond acceptors (Lipinski definition) is 3. The molecule has 2 saturated heterocycles. The summed E-state index contributed by atoms with van der Waals surface area (Å²) < 4.78 is 0. The van der Waals surface area contributed by atoms with Crippen molar-refractivity contribution in [3.05, 3.63) is 0 Å². The van der Waals surface area contributed by atoms with Gasteiger partial charge in [0.2, 0.25) is 0 Å². The zero-order chi connectivity index (χ0) is 13.4. The van der Waals surface area contributed by atoms with E-state index in [9.17, 15) is 0 Å². The van der Waals surface area contributed by atoms with Gasteiger partial charge in [-0.25, -0.2) is 0 Å². The van der Waals surface area contributed by atoms with Crippen LogP contribution in [0.1, 0.15) is 38.5 Å². The van der Waals surface area contributed by atoms with Crippen LogP contribution < -0.4 is 0 Å². The van der Waals surface area contributed by atoms with Gasteiger partial charge >= 0.3 is 0 Å². The highest BCUT2D eigenvalue weighted by atomic mass is 35.5. The lowest BCUT2D eigenvalue weighted by Gasteiger charge is -2.17. The van der Waals surface area contributed by atoms with Gasteiger partial charge < -0.3 is 14.9 Å². The van der Waals surface area contributed by atoms with Crippen molar-refractivity contribution in [1.29, 1.82) is 0 Å². The number of likely N-dealkylation sites (tertiary alicyclic amines) is 2. The molecule has 0 aromatic rings. The molecule has 0 aromatic heterocycles. The van der Waals surface area contributed by atoms with Crippen LogP contribution in [0.3, 0.4) is 0 Å². The summed E-state index contributed by atoms with van der Waals surface area (Å²) in [5.74, 6) is 0.814. The minimum Gasteiger partial charge on any atom is -0.396 e. The van der Waals surface area contributed by atoms with Crippen molar-refractivity contribution in [3.8, 4) is 0 Å². The second-order valence-electron chi connectivity index (χ2n) is 5.54. The van der Waals surface area contributed by atoms with Crippen LogP contribution in [0.2, 0.25) is 0 Å². The van der Waals surface area contributed by atoms with Gasteiger partial charge in [0.05, 0.1) is 0 Å². The largest absolute Gasteiger partial charge is 0.396 e.